The summed E-state index contributed by atoms with van der Waals surface area (Å²) in [4.78, 5) is 0. The van der Waals surface area contributed by atoms with Gasteiger partial charge >= 0.3 is 0 Å². The zero-order valence-electron chi connectivity index (χ0n) is 9.10. The summed E-state index contributed by atoms with van der Waals surface area (Å²) in [5.41, 5.74) is 9.27. The second-order valence-electron chi connectivity index (χ2n) is 3.92. The van der Waals surface area contributed by atoms with Crippen LogP contribution in [0.2, 0.25) is 5.02 Å². The van der Waals surface area contributed by atoms with Gasteiger partial charge in [0, 0.05) is 5.02 Å². The van der Waals surface area contributed by atoms with E-state index < -0.39 is 0 Å². The minimum atomic E-state index is 0.497. The Morgan fingerprint density at radius 1 is 1.36 bits per heavy atom. The second kappa shape index (κ2) is 4.81. The van der Waals surface area contributed by atoms with Crippen molar-refractivity contribution in [1.29, 1.82) is 0 Å². The highest BCUT2D eigenvalue weighted by molar-refractivity contribution is 6.31. The van der Waals surface area contributed by atoms with Gasteiger partial charge in [-0.15, -0.1) is 0 Å². The molecule has 1 rings (SSSR count). The fourth-order valence-electron chi connectivity index (χ4n) is 1.54. The lowest BCUT2D eigenvalue weighted by molar-refractivity contribution is 0.689. The lowest BCUT2D eigenvalue weighted by Crippen LogP contribution is -2.05. The number of hydrogen-bond acceptors (Lipinski definition) is 1. The molecule has 0 aliphatic carbocycles. The van der Waals surface area contributed by atoms with E-state index in [1.807, 2.05) is 0 Å². The number of halogens is 1. The summed E-state index contributed by atoms with van der Waals surface area (Å²) in [5.74, 6) is 0.497. The minimum Gasteiger partial charge on any atom is -0.330 e. The summed E-state index contributed by atoms with van der Waals surface area (Å²) in [6.45, 7) is 7.06. The molecule has 1 atom stereocenters. The number of benzene rings is 1. The molecule has 2 N–H and O–H groups in total. The zero-order chi connectivity index (χ0) is 10.7. The molecule has 0 spiro atoms. The van der Waals surface area contributed by atoms with Crippen molar-refractivity contribution in [2.24, 2.45) is 5.73 Å². The largest absolute Gasteiger partial charge is 0.330 e. The summed E-state index contributed by atoms with van der Waals surface area (Å²) in [5, 5.41) is 0.865. The molecule has 1 aromatic carbocycles. The van der Waals surface area contributed by atoms with Gasteiger partial charge in [0.05, 0.1) is 0 Å². The van der Waals surface area contributed by atoms with E-state index >= 15 is 0 Å². The van der Waals surface area contributed by atoms with E-state index in [0.29, 0.717) is 5.92 Å². The molecule has 0 saturated heterocycles. The van der Waals surface area contributed by atoms with Gasteiger partial charge in [-0.2, -0.15) is 0 Å². The molecule has 0 aromatic heterocycles. The van der Waals surface area contributed by atoms with Gasteiger partial charge in [-0.1, -0.05) is 24.6 Å². The molecular formula is C12H18ClN. The van der Waals surface area contributed by atoms with Crippen molar-refractivity contribution < 1.29 is 0 Å². The van der Waals surface area contributed by atoms with E-state index in [1.165, 1.54) is 16.7 Å². The number of aryl methyl sites for hydroxylation is 1. The Bertz CT molecular complexity index is 297. The van der Waals surface area contributed by atoms with Gasteiger partial charge < -0.3 is 5.73 Å². The molecule has 0 aliphatic rings. The highest BCUT2D eigenvalue weighted by Crippen LogP contribution is 2.26. The monoisotopic (exact) mass is 211 g/mol. The number of rotatable bonds is 3. The van der Waals surface area contributed by atoms with Crippen LogP contribution in [-0.2, 0) is 0 Å². The minimum absolute atomic E-state index is 0.497. The van der Waals surface area contributed by atoms with Crippen molar-refractivity contribution in [3.05, 3.63) is 33.8 Å². The molecule has 78 valence electrons. The molecule has 0 bridgehead atoms. The molecule has 1 unspecified atom stereocenters. The van der Waals surface area contributed by atoms with Crippen LogP contribution in [0, 0.1) is 13.8 Å². The molecule has 0 fully saturated rings. The van der Waals surface area contributed by atoms with E-state index in [9.17, 15) is 0 Å². The first-order chi connectivity index (χ1) is 6.56. The van der Waals surface area contributed by atoms with Crippen molar-refractivity contribution >= 4 is 11.6 Å². The molecule has 2 heteroatoms. The van der Waals surface area contributed by atoms with Crippen molar-refractivity contribution in [2.45, 2.75) is 33.1 Å². The van der Waals surface area contributed by atoms with Gasteiger partial charge in [-0.05, 0) is 55.5 Å². The summed E-state index contributed by atoms with van der Waals surface area (Å²) in [7, 11) is 0. The highest BCUT2D eigenvalue weighted by Gasteiger charge is 2.08. The van der Waals surface area contributed by atoms with Crippen molar-refractivity contribution in [2.75, 3.05) is 6.54 Å². The Morgan fingerprint density at radius 2 is 2.00 bits per heavy atom. The second-order valence-corrected chi connectivity index (χ2v) is 4.33. The standard InChI is InChI=1S/C12H18ClN/c1-8(4-5-14)11-6-9(2)10(3)12(13)7-11/h6-8H,4-5,14H2,1-3H3. The molecular weight excluding hydrogens is 194 g/mol. The third-order valence-electron chi connectivity index (χ3n) is 2.80. The molecule has 14 heavy (non-hydrogen) atoms. The third kappa shape index (κ3) is 2.49. The topological polar surface area (TPSA) is 26.0 Å². The van der Waals surface area contributed by atoms with Gasteiger partial charge in [0.1, 0.15) is 0 Å². The van der Waals surface area contributed by atoms with Crippen molar-refractivity contribution in [1.82, 2.24) is 0 Å². The summed E-state index contributed by atoms with van der Waals surface area (Å²) >= 11 is 6.13. The Morgan fingerprint density at radius 3 is 2.50 bits per heavy atom. The molecule has 0 amide bonds. The Hall–Kier alpha value is -0.530. The maximum Gasteiger partial charge on any atom is 0.0440 e. The molecule has 0 saturated carbocycles. The van der Waals surface area contributed by atoms with Crippen LogP contribution in [0.3, 0.4) is 0 Å². The van der Waals surface area contributed by atoms with Crippen LogP contribution < -0.4 is 5.73 Å². The fraction of sp³-hybridized carbons (Fsp3) is 0.500. The van der Waals surface area contributed by atoms with E-state index in [-0.39, 0.29) is 0 Å². The average molecular weight is 212 g/mol. The predicted octanol–water partition coefficient (Wildman–Crippen LogP) is 3.41. The Kier molecular flexibility index (Phi) is 3.97. The van der Waals surface area contributed by atoms with Crippen LogP contribution >= 0.6 is 11.6 Å². The van der Waals surface area contributed by atoms with Crippen molar-refractivity contribution in [3.8, 4) is 0 Å². The van der Waals surface area contributed by atoms with E-state index in [0.717, 1.165) is 18.0 Å². The predicted molar refractivity (Wildman–Crippen MR) is 63.0 cm³/mol. The highest BCUT2D eigenvalue weighted by atomic mass is 35.5. The lowest BCUT2D eigenvalue weighted by atomic mass is 9.94. The van der Waals surface area contributed by atoms with E-state index in [2.05, 4.69) is 32.9 Å². The number of nitrogens with two attached hydrogens (primary N) is 1. The van der Waals surface area contributed by atoms with Crippen molar-refractivity contribution in [3.63, 3.8) is 0 Å². The quantitative estimate of drug-likeness (QED) is 0.815. The molecule has 0 radical (unpaired) electrons. The molecule has 0 heterocycles. The molecule has 1 aromatic rings. The van der Waals surface area contributed by atoms with Crippen LogP contribution in [0.15, 0.2) is 12.1 Å². The van der Waals surface area contributed by atoms with Gasteiger partial charge in [0.25, 0.3) is 0 Å². The molecule has 1 nitrogen and oxygen atoms in total. The van der Waals surface area contributed by atoms with Crippen LogP contribution in [0.4, 0.5) is 0 Å². The number of hydrogen-bond donors (Lipinski definition) is 1. The smallest absolute Gasteiger partial charge is 0.0440 e. The summed E-state index contributed by atoms with van der Waals surface area (Å²) in [6.07, 6.45) is 1.01. The van der Waals surface area contributed by atoms with Crippen LogP contribution in [-0.4, -0.2) is 6.54 Å². The van der Waals surface area contributed by atoms with Gasteiger partial charge in [0.2, 0.25) is 0 Å². The Labute approximate surface area is 91.3 Å². The first-order valence-corrected chi connectivity index (χ1v) is 5.40. The average Bonchev–Trinajstić information content (AvgIpc) is 2.13. The first kappa shape index (κ1) is 11.5. The van der Waals surface area contributed by atoms with Gasteiger partial charge in [0.15, 0.2) is 0 Å². The van der Waals surface area contributed by atoms with Gasteiger partial charge in [-0.3, -0.25) is 0 Å². The maximum atomic E-state index is 6.13. The zero-order valence-corrected chi connectivity index (χ0v) is 9.86. The SMILES string of the molecule is Cc1cc(C(C)CCN)cc(Cl)c1C. The van der Waals surface area contributed by atoms with Crippen LogP contribution in [0.5, 0.6) is 0 Å². The van der Waals surface area contributed by atoms with Gasteiger partial charge in [-0.25, -0.2) is 0 Å². The van der Waals surface area contributed by atoms with Crippen LogP contribution in [0.1, 0.15) is 36.0 Å². The van der Waals surface area contributed by atoms with Crippen LogP contribution in [0.25, 0.3) is 0 Å². The maximum absolute atomic E-state index is 6.13. The molecule has 0 aliphatic heterocycles. The fourth-order valence-corrected chi connectivity index (χ4v) is 1.82. The summed E-state index contributed by atoms with van der Waals surface area (Å²) in [6, 6.07) is 4.27. The third-order valence-corrected chi connectivity index (χ3v) is 3.19. The van der Waals surface area contributed by atoms with E-state index in [1.54, 1.807) is 0 Å². The normalized spacial score (nSPS) is 12.9. The summed E-state index contributed by atoms with van der Waals surface area (Å²) < 4.78 is 0. The lowest BCUT2D eigenvalue weighted by Gasteiger charge is -2.13. The first-order valence-electron chi connectivity index (χ1n) is 5.03. The van der Waals surface area contributed by atoms with E-state index in [4.69, 9.17) is 17.3 Å². The Balaban J connectivity index is 3.00.